The average molecular weight is 270 g/mol. The molecule has 0 radical (unpaired) electrons. The van der Waals surface area contributed by atoms with Crippen LogP contribution in [0.5, 0.6) is 0 Å². The van der Waals surface area contributed by atoms with E-state index < -0.39 is 0 Å². The molecule has 2 aromatic heterocycles. The number of pyridine rings is 1. The summed E-state index contributed by atoms with van der Waals surface area (Å²) in [5.41, 5.74) is 4.45. The van der Waals surface area contributed by atoms with E-state index in [9.17, 15) is 9.50 Å². The Morgan fingerprint density at radius 1 is 1.15 bits per heavy atom. The molecule has 0 fully saturated rings. The van der Waals surface area contributed by atoms with Crippen molar-refractivity contribution in [2.75, 3.05) is 0 Å². The second-order valence-electron chi connectivity index (χ2n) is 4.83. The van der Waals surface area contributed by atoms with E-state index in [4.69, 9.17) is 0 Å². The zero-order chi connectivity index (χ0) is 14.1. The van der Waals surface area contributed by atoms with Gasteiger partial charge >= 0.3 is 0 Å². The molecular weight excluding hydrogens is 255 g/mol. The Morgan fingerprint density at radius 3 is 2.60 bits per heavy atom. The molecule has 20 heavy (non-hydrogen) atoms. The predicted octanol–water partition coefficient (Wildman–Crippen LogP) is 2.86. The molecule has 2 heterocycles. The summed E-state index contributed by atoms with van der Waals surface area (Å²) in [4.78, 5) is 4.57. The van der Waals surface area contributed by atoms with Crippen LogP contribution in [-0.2, 0) is 13.0 Å². The maximum atomic E-state index is 12.9. The molecule has 4 heteroatoms. The van der Waals surface area contributed by atoms with Gasteiger partial charge in [0.2, 0.25) is 0 Å². The van der Waals surface area contributed by atoms with Gasteiger partial charge in [0.15, 0.2) is 0 Å². The molecule has 0 bridgehead atoms. The first kappa shape index (κ1) is 12.8. The van der Waals surface area contributed by atoms with Crippen LogP contribution in [-0.4, -0.2) is 14.5 Å². The van der Waals surface area contributed by atoms with E-state index in [1.165, 1.54) is 12.1 Å². The van der Waals surface area contributed by atoms with Crippen molar-refractivity contribution < 1.29 is 9.50 Å². The quantitative estimate of drug-likeness (QED) is 0.794. The topological polar surface area (TPSA) is 37.5 Å². The van der Waals surface area contributed by atoms with Crippen molar-refractivity contribution in [2.24, 2.45) is 0 Å². The van der Waals surface area contributed by atoms with Crippen LogP contribution >= 0.6 is 0 Å². The van der Waals surface area contributed by atoms with Gasteiger partial charge in [-0.2, -0.15) is 0 Å². The third-order valence-corrected chi connectivity index (χ3v) is 3.45. The van der Waals surface area contributed by atoms with Crippen LogP contribution in [0, 0.1) is 12.7 Å². The maximum absolute atomic E-state index is 12.9. The Morgan fingerprint density at radius 2 is 1.90 bits per heavy atom. The molecule has 3 nitrogen and oxygen atoms in total. The van der Waals surface area contributed by atoms with Crippen LogP contribution in [0.15, 0.2) is 42.5 Å². The highest BCUT2D eigenvalue weighted by Gasteiger charge is 2.13. The highest BCUT2D eigenvalue weighted by Crippen LogP contribution is 2.18. The van der Waals surface area contributed by atoms with Crippen LogP contribution in [0.2, 0.25) is 0 Å². The van der Waals surface area contributed by atoms with Gasteiger partial charge in [-0.15, -0.1) is 0 Å². The number of rotatable bonds is 3. The molecule has 102 valence electrons. The summed E-state index contributed by atoms with van der Waals surface area (Å²) >= 11 is 0. The zero-order valence-electron chi connectivity index (χ0n) is 11.2. The van der Waals surface area contributed by atoms with Gasteiger partial charge in [-0.05, 0) is 36.8 Å². The first-order valence-corrected chi connectivity index (χ1v) is 6.50. The fourth-order valence-electron chi connectivity index (χ4n) is 2.47. The SMILES string of the molecule is Cc1cccc2nc(Cc3ccc(F)cc3)c(CO)n12. The summed E-state index contributed by atoms with van der Waals surface area (Å²) in [6.45, 7) is 1.91. The first-order valence-electron chi connectivity index (χ1n) is 6.50. The lowest BCUT2D eigenvalue weighted by Crippen LogP contribution is -2.00. The number of aliphatic hydroxyl groups is 1. The third-order valence-electron chi connectivity index (χ3n) is 3.45. The van der Waals surface area contributed by atoms with Gasteiger partial charge in [-0.25, -0.2) is 9.37 Å². The van der Waals surface area contributed by atoms with Crippen LogP contribution in [0.4, 0.5) is 4.39 Å². The van der Waals surface area contributed by atoms with Crippen molar-refractivity contribution in [1.29, 1.82) is 0 Å². The first-order chi connectivity index (χ1) is 9.69. The standard InChI is InChI=1S/C16H15FN2O/c1-11-3-2-4-16-18-14(15(10-20)19(11)16)9-12-5-7-13(17)8-6-12/h2-8,20H,9-10H2,1H3. The Balaban J connectivity index is 2.07. The van der Waals surface area contributed by atoms with Crippen LogP contribution in [0.1, 0.15) is 22.6 Å². The number of benzene rings is 1. The molecule has 0 atom stereocenters. The Labute approximate surface area is 116 Å². The lowest BCUT2D eigenvalue weighted by molar-refractivity contribution is 0.274. The van der Waals surface area contributed by atoms with Crippen LogP contribution in [0.25, 0.3) is 5.65 Å². The number of imidazole rings is 1. The van der Waals surface area contributed by atoms with Gasteiger partial charge in [-0.1, -0.05) is 18.2 Å². The van der Waals surface area contributed by atoms with Crippen molar-refractivity contribution in [3.8, 4) is 0 Å². The van der Waals surface area contributed by atoms with Crippen molar-refractivity contribution in [2.45, 2.75) is 20.0 Å². The molecular formula is C16H15FN2O. The normalized spacial score (nSPS) is 11.2. The summed E-state index contributed by atoms with van der Waals surface area (Å²) in [5, 5.41) is 9.63. The maximum Gasteiger partial charge on any atom is 0.137 e. The van der Waals surface area contributed by atoms with Crippen molar-refractivity contribution in [3.05, 3.63) is 70.9 Å². The number of hydrogen-bond donors (Lipinski definition) is 1. The molecule has 0 unspecified atom stereocenters. The van der Waals surface area contributed by atoms with Gasteiger partial charge < -0.3 is 5.11 Å². The highest BCUT2D eigenvalue weighted by molar-refractivity contribution is 5.46. The molecule has 0 spiro atoms. The molecule has 3 rings (SSSR count). The number of nitrogens with zero attached hydrogens (tertiary/aromatic N) is 2. The number of aryl methyl sites for hydroxylation is 1. The Bertz CT molecular complexity index is 747. The fourth-order valence-corrected chi connectivity index (χ4v) is 2.47. The molecule has 1 N–H and O–H groups in total. The van der Waals surface area contributed by atoms with Gasteiger partial charge in [-0.3, -0.25) is 4.40 Å². The van der Waals surface area contributed by atoms with Crippen molar-refractivity contribution >= 4 is 5.65 Å². The fraction of sp³-hybridized carbons (Fsp3) is 0.188. The van der Waals surface area contributed by atoms with Crippen LogP contribution < -0.4 is 0 Å². The molecule has 3 aromatic rings. The smallest absolute Gasteiger partial charge is 0.137 e. The second kappa shape index (κ2) is 5.06. The molecule has 0 saturated heterocycles. The summed E-state index contributed by atoms with van der Waals surface area (Å²) in [7, 11) is 0. The molecule has 0 amide bonds. The molecule has 1 aromatic carbocycles. The van der Waals surface area contributed by atoms with Gasteiger partial charge in [0.25, 0.3) is 0 Å². The molecule has 0 aliphatic rings. The monoisotopic (exact) mass is 270 g/mol. The van der Waals surface area contributed by atoms with E-state index >= 15 is 0 Å². The van der Waals surface area contributed by atoms with Gasteiger partial charge in [0.1, 0.15) is 11.5 Å². The summed E-state index contributed by atoms with van der Waals surface area (Å²) in [5.74, 6) is -0.248. The number of aromatic nitrogens is 2. The third kappa shape index (κ3) is 2.18. The van der Waals surface area contributed by atoms with E-state index in [1.807, 2.05) is 29.5 Å². The number of fused-ring (bicyclic) bond motifs is 1. The van der Waals surface area contributed by atoms with E-state index in [1.54, 1.807) is 12.1 Å². The average Bonchev–Trinajstić information content (AvgIpc) is 2.80. The van der Waals surface area contributed by atoms with Crippen molar-refractivity contribution in [3.63, 3.8) is 0 Å². The lowest BCUT2D eigenvalue weighted by atomic mass is 10.1. The summed E-state index contributed by atoms with van der Waals surface area (Å²) in [6, 6.07) is 12.2. The lowest BCUT2D eigenvalue weighted by Gasteiger charge is -2.04. The van der Waals surface area contributed by atoms with Gasteiger partial charge in [0.05, 0.1) is 18.0 Å². The highest BCUT2D eigenvalue weighted by atomic mass is 19.1. The Hall–Kier alpha value is -2.20. The van der Waals surface area contributed by atoms with E-state index in [-0.39, 0.29) is 12.4 Å². The zero-order valence-corrected chi connectivity index (χ0v) is 11.2. The van der Waals surface area contributed by atoms with Crippen LogP contribution in [0.3, 0.4) is 0 Å². The van der Waals surface area contributed by atoms with E-state index in [0.29, 0.717) is 6.42 Å². The molecule has 0 aliphatic carbocycles. The molecule has 0 aliphatic heterocycles. The molecule has 0 saturated carbocycles. The minimum atomic E-state index is -0.248. The minimum absolute atomic E-state index is 0.0669. The van der Waals surface area contributed by atoms with Gasteiger partial charge in [0, 0.05) is 12.1 Å². The summed E-state index contributed by atoms with van der Waals surface area (Å²) < 4.78 is 14.9. The van der Waals surface area contributed by atoms with E-state index in [0.717, 1.165) is 28.3 Å². The number of hydrogen-bond acceptors (Lipinski definition) is 2. The summed E-state index contributed by atoms with van der Waals surface area (Å²) in [6.07, 6.45) is 0.581. The minimum Gasteiger partial charge on any atom is -0.390 e. The predicted molar refractivity (Wildman–Crippen MR) is 75.1 cm³/mol. The van der Waals surface area contributed by atoms with E-state index in [2.05, 4.69) is 4.98 Å². The van der Waals surface area contributed by atoms with Crippen molar-refractivity contribution in [1.82, 2.24) is 9.38 Å². The largest absolute Gasteiger partial charge is 0.390 e. The second-order valence-corrected chi connectivity index (χ2v) is 4.83. The number of aliphatic hydroxyl groups excluding tert-OH is 1. The number of halogens is 1. The Kier molecular flexibility index (Phi) is 3.24.